The molecule has 6 nitrogen and oxygen atoms in total. The minimum atomic E-state index is -5.04. The average Bonchev–Trinajstić information content (AvgIpc) is 3.70. The van der Waals surface area contributed by atoms with E-state index in [0.29, 0.717) is 34.9 Å². The third-order valence-corrected chi connectivity index (χ3v) is 7.51. The van der Waals surface area contributed by atoms with Gasteiger partial charge in [-0.05, 0) is 86.6 Å². The summed E-state index contributed by atoms with van der Waals surface area (Å²) in [4.78, 5) is 27.4. The van der Waals surface area contributed by atoms with Crippen molar-refractivity contribution in [1.82, 2.24) is 4.90 Å². The maximum atomic E-state index is 13.5. The van der Waals surface area contributed by atoms with Crippen LogP contribution in [0.25, 0.3) is 0 Å². The summed E-state index contributed by atoms with van der Waals surface area (Å²) >= 11 is 6.31. The Labute approximate surface area is 231 Å². The van der Waals surface area contributed by atoms with Crippen molar-refractivity contribution in [1.29, 1.82) is 0 Å². The van der Waals surface area contributed by atoms with Gasteiger partial charge in [-0.15, -0.1) is 0 Å². The van der Waals surface area contributed by atoms with Gasteiger partial charge in [-0.3, -0.25) is 9.69 Å². The smallest absolute Gasteiger partial charge is 0.416 e. The molecule has 0 N–H and O–H groups in total. The molecule has 2 unspecified atom stereocenters. The predicted molar refractivity (Wildman–Crippen MR) is 133 cm³/mol. The number of benzene rings is 2. The zero-order valence-corrected chi connectivity index (χ0v) is 22.5. The lowest BCUT2D eigenvalue weighted by Gasteiger charge is -2.51. The molecule has 1 aliphatic carbocycles. The molecule has 0 radical (unpaired) electrons. The van der Waals surface area contributed by atoms with E-state index in [1.165, 1.54) is 0 Å². The number of anilines is 1. The molecule has 0 aromatic heterocycles. The Morgan fingerprint density at radius 3 is 2.15 bits per heavy atom. The van der Waals surface area contributed by atoms with Crippen molar-refractivity contribution in [3.63, 3.8) is 0 Å². The number of hydrogen-bond acceptors (Lipinski definition) is 5. The Morgan fingerprint density at radius 1 is 1.05 bits per heavy atom. The van der Waals surface area contributed by atoms with Crippen molar-refractivity contribution in [2.24, 2.45) is 5.92 Å². The molecule has 1 fully saturated rings. The number of hydrogen-bond donors (Lipinski definition) is 0. The predicted octanol–water partition coefficient (Wildman–Crippen LogP) is 7.59. The van der Waals surface area contributed by atoms with E-state index in [0.717, 1.165) is 24.9 Å². The maximum Gasteiger partial charge on any atom is 0.416 e. The molecule has 0 saturated heterocycles. The fraction of sp³-hybridized carbons (Fsp3) is 0.481. The molecule has 1 aliphatic heterocycles. The molecule has 1 saturated carbocycles. The van der Waals surface area contributed by atoms with Crippen LogP contribution >= 0.6 is 11.6 Å². The van der Waals surface area contributed by atoms with Crippen molar-refractivity contribution in [2.45, 2.75) is 69.8 Å². The number of alkyl halides is 6. The molecular formula is C27H27ClF6N2O4. The number of halogens is 7. The van der Waals surface area contributed by atoms with Crippen LogP contribution in [0.5, 0.6) is 0 Å². The van der Waals surface area contributed by atoms with Crippen LogP contribution in [-0.2, 0) is 33.2 Å². The molecule has 218 valence electrons. The number of amides is 1. The van der Waals surface area contributed by atoms with E-state index in [-0.39, 0.29) is 30.0 Å². The van der Waals surface area contributed by atoms with E-state index in [4.69, 9.17) is 21.1 Å². The van der Waals surface area contributed by atoms with Crippen LogP contribution in [0.2, 0.25) is 5.02 Å². The SMILES string of the molecule is COC(=O)N(Cc1cc(C(F)(F)F)cc(C(F)(F)F)c1)C1CC(C2CC2)N(C(C)(C)OC=O)c2ccc(Cl)cc21. The summed E-state index contributed by atoms with van der Waals surface area (Å²) in [6.45, 7) is 3.14. The van der Waals surface area contributed by atoms with Crippen molar-refractivity contribution in [3.8, 4) is 0 Å². The Balaban J connectivity index is 1.85. The van der Waals surface area contributed by atoms with Gasteiger partial charge in [0.25, 0.3) is 6.47 Å². The average molecular weight is 593 g/mol. The Kier molecular flexibility index (Phi) is 7.96. The molecule has 0 bridgehead atoms. The molecule has 1 amide bonds. The summed E-state index contributed by atoms with van der Waals surface area (Å²) < 4.78 is 91.5. The molecule has 2 atom stereocenters. The number of ether oxygens (including phenoxy) is 2. The summed E-state index contributed by atoms with van der Waals surface area (Å²) in [7, 11) is 1.08. The summed E-state index contributed by atoms with van der Waals surface area (Å²) in [5.74, 6) is 0.158. The number of carbonyl (C=O) groups excluding carboxylic acids is 2. The van der Waals surface area contributed by atoms with Gasteiger partial charge < -0.3 is 14.4 Å². The highest BCUT2D eigenvalue weighted by Crippen LogP contribution is 2.51. The number of methoxy groups -OCH3 is 1. The molecule has 40 heavy (non-hydrogen) atoms. The highest BCUT2D eigenvalue weighted by atomic mass is 35.5. The highest BCUT2D eigenvalue weighted by Gasteiger charge is 2.49. The third-order valence-electron chi connectivity index (χ3n) is 7.27. The first-order valence-corrected chi connectivity index (χ1v) is 12.8. The van der Waals surface area contributed by atoms with E-state index in [2.05, 4.69) is 0 Å². The number of nitrogens with zero attached hydrogens (tertiary/aromatic N) is 2. The van der Waals surface area contributed by atoms with Crippen LogP contribution in [0.15, 0.2) is 36.4 Å². The second-order valence-corrected chi connectivity index (χ2v) is 10.8. The van der Waals surface area contributed by atoms with Crippen LogP contribution < -0.4 is 4.90 Å². The molecular weight excluding hydrogens is 566 g/mol. The lowest BCUT2D eigenvalue weighted by Crippen LogP contribution is -2.57. The van der Waals surface area contributed by atoms with Gasteiger partial charge in [0.15, 0.2) is 5.72 Å². The molecule has 4 rings (SSSR count). The highest BCUT2D eigenvalue weighted by molar-refractivity contribution is 6.30. The van der Waals surface area contributed by atoms with Gasteiger partial charge >= 0.3 is 18.4 Å². The lowest BCUT2D eigenvalue weighted by molar-refractivity contribution is -0.143. The standard InChI is InChI=1S/C27H27ClF6N2O4/c1-25(2,40-14-37)36-21-7-6-19(28)11-20(21)23(12-22(36)16-4-5-16)35(24(38)39-3)13-15-8-17(26(29,30)31)10-18(9-15)27(32,33)34/h6-11,14,16,22-23H,4-5,12-13H2,1-3H3. The molecule has 1 heterocycles. The Morgan fingerprint density at radius 2 is 1.65 bits per heavy atom. The Hall–Kier alpha value is -3.15. The fourth-order valence-electron chi connectivity index (χ4n) is 5.42. The zero-order valence-electron chi connectivity index (χ0n) is 21.8. The van der Waals surface area contributed by atoms with Gasteiger partial charge in [0.05, 0.1) is 24.3 Å². The van der Waals surface area contributed by atoms with Crippen molar-refractivity contribution >= 4 is 29.9 Å². The largest absolute Gasteiger partial charge is 0.453 e. The normalized spacial score (nSPS) is 19.6. The minimum absolute atomic E-state index is 0.0395. The first-order valence-electron chi connectivity index (χ1n) is 12.4. The van der Waals surface area contributed by atoms with Crippen molar-refractivity contribution < 1.29 is 45.4 Å². The Bertz CT molecular complexity index is 1250. The quantitative estimate of drug-likeness (QED) is 0.245. The minimum Gasteiger partial charge on any atom is -0.453 e. The molecule has 13 heteroatoms. The maximum absolute atomic E-state index is 13.5. The van der Waals surface area contributed by atoms with Crippen LogP contribution in [0.4, 0.5) is 36.8 Å². The molecule has 2 aromatic carbocycles. The van der Waals surface area contributed by atoms with E-state index in [1.807, 2.05) is 4.90 Å². The summed E-state index contributed by atoms with van der Waals surface area (Å²) in [6.07, 6.45) is -9.07. The van der Waals surface area contributed by atoms with Gasteiger partial charge in [-0.2, -0.15) is 26.3 Å². The fourth-order valence-corrected chi connectivity index (χ4v) is 5.60. The third kappa shape index (κ3) is 6.11. The van der Waals surface area contributed by atoms with Crippen LogP contribution in [0.1, 0.15) is 61.4 Å². The zero-order chi connectivity index (χ0) is 29.6. The number of rotatable bonds is 7. The summed E-state index contributed by atoms with van der Waals surface area (Å²) in [6, 6.07) is 5.03. The van der Waals surface area contributed by atoms with Gasteiger partial charge in [0.2, 0.25) is 0 Å². The molecule has 2 aromatic rings. The number of fused-ring (bicyclic) bond motifs is 1. The van der Waals surface area contributed by atoms with Crippen molar-refractivity contribution in [3.05, 3.63) is 63.7 Å². The number of carbonyl (C=O) groups is 2. The second-order valence-electron chi connectivity index (χ2n) is 10.4. The first-order chi connectivity index (χ1) is 18.6. The lowest BCUT2D eigenvalue weighted by atomic mass is 9.86. The van der Waals surface area contributed by atoms with E-state index in [9.17, 15) is 35.9 Å². The van der Waals surface area contributed by atoms with Gasteiger partial charge in [0, 0.05) is 23.3 Å². The van der Waals surface area contributed by atoms with E-state index in [1.54, 1.807) is 32.0 Å². The van der Waals surface area contributed by atoms with Crippen LogP contribution in [0.3, 0.4) is 0 Å². The summed E-state index contributed by atoms with van der Waals surface area (Å²) in [5, 5.41) is 0.297. The molecule has 2 aliphatic rings. The second kappa shape index (κ2) is 10.7. The topological polar surface area (TPSA) is 59.1 Å². The van der Waals surface area contributed by atoms with E-state index < -0.39 is 47.9 Å². The van der Waals surface area contributed by atoms with Crippen molar-refractivity contribution in [2.75, 3.05) is 12.0 Å². The first kappa shape index (κ1) is 29.8. The monoisotopic (exact) mass is 592 g/mol. The van der Waals surface area contributed by atoms with Gasteiger partial charge in [0.1, 0.15) is 0 Å². The van der Waals surface area contributed by atoms with Crippen LogP contribution in [-0.4, -0.2) is 36.3 Å². The van der Waals surface area contributed by atoms with Gasteiger partial charge in [-0.1, -0.05) is 11.6 Å². The van der Waals surface area contributed by atoms with Gasteiger partial charge in [-0.25, -0.2) is 4.79 Å². The van der Waals surface area contributed by atoms with Crippen LogP contribution in [0, 0.1) is 5.92 Å². The van der Waals surface area contributed by atoms with E-state index >= 15 is 0 Å². The molecule has 0 spiro atoms. The summed E-state index contributed by atoms with van der Waals surface area (Å²) in [5.41, 5.74) is -3.39.